The first-order valence-corrected chi connectivity index (χ1v) is 9.02. The summed E-state index contributed by atoms with van der Waals surface area (Å²) in [5.74, 6) is 1.79. The van der Waals surface area contributed by atoms with Crippen molar-refractivity contribution in [3.63, 3.8) is 0 Å². The normalized spacial score (nSPS) is 11.3. The summed E-state index contributed by atoms with van der Waals surface area (Å²) < 4.78 is 33.5. The van der Waals surface area contributed by atoms with Crippen molar-refractivity contribution in [1.82, 2.24) is 0 Å². The van der Waals surface area contributed by atoms with Gasteiger partial charge >= 0.3 is 0 Å². The standard InChI is InChI=1S/C13H19BrO4S/c1-3-19(15,16)8-4-7-18-13-9-12(17-2)6-5-11(13)10-14/h5-6,9H,3-4,7-8,10H2,1-2H3. The Morgan fingerprint density at radius 2 is 2.05 bits per heavy atom. The smallest absolute Gasteiger partial charge is 0.150 e. The molecule has 0 aliphatic carbocycles. The van der Waals surface area contributed by atoms with E-state index in [0.29, 0.717) is 18.4 Å². The molecule has 0 saturated carbocycles. The highest BCUT2D eigenvalue weighted by Crippen LogP contribution is 2.26. The first-order valence-electron chi connectivity index (χ1n) is 6.08. The van der Waals surface area contributed by atoms with Crippen LogP contribution in [0.15, 0.2) is 18.2 Å². The van der Waals surface area contributed by atoms with Gasteiger partial charge in [-0.1, -0.05) is 28.9 Å². The zero-order valence-electron chi connectivity index (χ0n) is 11.2. The van der Waals surface area contributed by atoms with Crippen LogP contribution in [0.5, 0.6) is 11.5 Å². The Kier molecular flexibility index (Phi) is 6.65. The van der Waals surface area contributed by atoms with Crippen LogP contribution < -0.4 is 9.47 Å². The average molecular weight is 351 g/mol. The van der Waals surface area contributed by atoms with Crippen molar-refractivity contribution < 1.29 is 17.9 Å². The van der Waals surface area contributed by atoms with E-state index < -0.39 is 9.84 Å². The van der Waals surface area contributed by atoms with E-state index in [0.717, 1.165) is 17.1 Å². The number of alkyl halides is 1. The molecule has 0 atom stereocenters. The quantitative estimate of drug-likeness (QED) is 0.534. The topological polar surface area (TPSA) is 52.6 Å². The summed E-state index contributed by atoms with van der Waals surface area (Å²) >= 11 is 3.39. The first kappa shape index (κ1) is 16.3. The lowest BCUT2D eigenvalue weighted by atomic mass is 10.2. The predicted octanol–water partition coefficient (Wildman–Crippen LogP) is 2.79. The van der Waals surface area contributed by atoms with E-state index >= 15 is 0 Å². The molecule has 1 aromatic rings. The molecule has 108 valence electrons. The second-order valence-electron chi connectivity index (χ2n) is 4.05. The van der Waals surface area contributed by atoms with E-state index in [1.165, 1.54) is 0 Å². The van der Waals surface area contributed by atoms with Gasteiger partial charge in [0.25, 0.3) is 0 Å². The number of halogens is 1. The van der Waals surface area contributed by atoms with E-state index in [1.54, 1.807) is 14.0 Å². The predicted molar refractivity (Wildman–Crippen MR) is 80.1 cm³/mol. The van der Waals surface area contributed by atoms with Crippen molar-refractivity contribution in [1.29, 1.82) is 0 Å². The number of benzene rings is 1. The molecule has 6 heteroatoms. The fraction of sp³-hybridized carbons (Fsp3) is 0.538. The molecule has 0 aliphatic heterocycles. The summed E-state index contributed by atoms with van der Waals surface area (Å²) in [5.41, 5.74) is 1.01. The molecular formula is C13H19BrO4S. The Morgan fingerprint density at radius 1 is 1.32 bits per heavy atom. The van der Waals surface area contributed by atoms with E-state index in [-0.39, 0.29) is 11.5 Å². The lowest BCUT2D eigenvalue weighted by Gasteiger charge is -2.11. The molecule has 0 aliphatic rings. The maximum absolute atomic E-state index is 11.4. The van der Waals surface area contributed by atoms with Gasteiger partial charge in [-0.25, -0.2) is 8.42 Å². The van der Waals surface area contributed by atoms with Crippen LogP contribution in [0.1, 0.15) is 18.9 Å². The second kappa shape index (κ2) is 7.75. The number of ether oxygens (including phenoxy) is 2. The number of sulfone groups is 1. The monoisotopic (exact) mass is 350 g/mol. The summed E-state index contributed by atoms with van der Waals surface area (Å²) in [4.78, 5) is 0. The molecule has 0 aromatic heterocycles. The van der Waals surface area contributed by atoms with Crippen molar-refractivity contribution in [2.24, 2.45) is 0 Å². The van der Waals surface area contributed by atoms with Crippen LogP contribution in [0.3, 0.4) is 0 Å². The summed E-state index contributed by atoms with van der Waals surface area (Å²) in [7, 11) is -1.32. The zero-order valence-corrected chi connectivity index (χ0v) is 13.6. The Balaban J connectivity index is 2.57. The molecule has 4 nitrogen and oxygen atoms in total. The first-order chi connectivity index (χ1) is 9.02. The largest absolute Gasteiger partial charge is 0.497 e. The molecule has 0 saturated heterocycles. The molecule has 0 N–H and O–H groups in total. The fourth-order valence-corrected chi connectivity index (χ4v) is 2.82. The minimum absolute atomic E-state index is 0.164. The minimum atomic E-state index is -2.92. The van der Waals surface area contributed by atoms with Gasteiger partial charge in [-0.2, -0.15) is 0 Å². The van der Waals surface area contributed by atoms with E-state index in [9.17, 15) is 8.42 Å². The van der Waals surface area contributed by atoms with Gasteiger partial charge < -0.3 is 9.47 Å². The van der Waals surface area contributed by atoms with Crippen LogP contribution in [0.25, 0.3) is 0 Å². The molecular weight excluding hydrogens is 332 g/mol. The molecule has 0 unspecified atom stereocenters. The lowest BCUT2D eigenvalue weighted by Crippen LogP contribution is -2.12. The molecule has 0 bridgehead atoms. The SMILES string of the molecule is CCS(=O)(=O)CCCOc1cc(OC)ccc1CBr. The molecule has 0 fully saturated rings. The molecule has 0 amide bonds. The van der Waals surface area contributed by atoms with Gasteiger partial charge in [0, 0.05) is 22.7 Å². The highest BCUT2D eigenvalue weighted by Gasteiger charge is 2.08. The minimum Gasteiger partial charge on any atom is -0.497 e. The third-order valence-electron chi connectivity index (χ3n) is 2.72. The fourth-order valence-electron chi connectivity index (χ4n) is 1.51. The maximum Gasteiger partial charge on any atom is 0.150 e. The third kappa shape index (κ3) is 5.40. The van der Waals surface area contributed by atoms with Crippen LogP contribution in [0, 0.1) is 0 Å². The summed E-state index contributed by atoms with van der Waals surface area (Å²) in [6.07, 6.45) is 0.495. The molecule has 0 spiro atoms. The van der Waals surface area contributed by atoms with Crippen molar-refractivity contribution >= 4 is 25.8 Å². The zero-order chi connectivity index (χ0) is 14.3. The van der Waals surface area contributed by atoms with Gasteiger partial charge in [-0.3, -0.25) is 0 Å². The number of hydrogen-bond donors (Lipinski definition) is 0. The Morgan fingerprint density at radius 3 is 2.63 bits per heavy atom. The van der Waals surface area contributed by atoms with Crippen LogP contribution in [0.2, 0.25) is 0 Å². The highest BCUT2D eigenvalue weighted by atomic mass is 79.9. The molecule has 1 rings (SSSR count). The summed E-state index contributed by atoms with van der Waals surface area (Å²) in [6, 6.07) is 5.60. The molecule has 0 heterocycles. The number of hydrogen-bond acceptors (Lipinski definition) is 4. The van der Waals surface area contributed by atoms with Crippen LogP contribution in [0.4, 0.5) is 0 Å². The summed E-state index contributed by atoms with van der Waals surface area (Å²) in [6.45, 7) is 2.04. The van der Waals surface area contributed by atoms with Gasteiger partial charge in [0.2, 0.25) is 0 Å². The van der Waals surface area contributed by atoms with Crippen molar-refractivity contribution in [2.45, 2.75) is 18.7 Å². The van der Waals surface area contributed by atoms with Gasteiger partial charge in [0.15, 0.2) is 0 Å². The van der Waals surface area contributed by atoms with Gasteiger partial charge in [0.1, 0.15) is 21.3 Å². The van der Waals surface area contributed by atoms with Gasteiger partial charge in [0.05, 0.1) is 19.5 Å². The number of methoxy groups -OCH3 is 1. The Bertz CT molecular complexity index is 499. The third-order valence-corrected chi connectivity index (χ3v) is 5.11. The van der Waals surface area contributed by atoms with Crippen LogP contribution in [-0.2, 0) is 15.2 Å². The Labute approximate surface area is 123 Å². The number of rotatable bonds is 8. The van der Waals surface area contributed by atoms with E-state index in [1.807, 2.05) is 18.2 Å². The Hall–Kier alpha value is -0.750. The van der Waals surface area contributed by atoms with Crippen molar-refractivity contribution in [3.8, 4) is 11.5 Å². The highest BCUT2D eigenvalue weighted by molar-refractivity contribution is 9.08. The summed E-state index contributed by atoms with van der Waals surface area (Å²) in [5, 5.41) is 0.680. The van der Waals surface area contributed by atoms with Crippen LogP contribution >= 0.6 is 15.9 Å². The van der Waals surface area contributed by atoms with Gasteiger partial charge in [-0.15, -0.1) is 0 Å². The average Bonchev–Trinajstić information content (AvgIpc) is 2.43. The second-order valence-corrected chi connectivity index (χ2v) is 7.08. The van der Waals surface area contributed by atoms with E-state index in [4.69, 9.17) is 9.47 Å². The molecule has 19 heavy (non-hydrogen) atoms. The molecule has 0 radical (unpaired) electrons. The molecule has 1 aromatic carbocycles. The van der Waals surface area contributed by atoms with Gasteiger partial charge in [-0.05, 0) is 12.5 Å². The lowest BCUT2D eigenvalue weighted by molar-refractivity contribution is 0.312. The maximum atomic E-state index is 11.4. The van der Waals surface area contributed by atoms with Crippen LogP contribution in [-0.4, -0.2) is 33.6 Å². The van der Waals surface area contributed by atoms with Crippen molar-refractivity contribution in [3.05, 3.63) is 23.8 Å². The van der Waals surface area contributed by atoms with E-state index in [2.05, 4.69) is 15.9 Å². The van der Waals surface area contributed by atoms with Crippen molar-refractivity contribution in [2.75, 3.05) is 25.2 Å².